The van der Waals surface area contributed by atoms with Gasteiger partial charge in [-0.2, -0.15) is 5.10 Å². The van der Waals surface area contributed by atoms with E-state index in [1.54, 1.807) is 4.68 Å². The zero-order valence-electron chi connectivity index (χ0n) is 10.7. The van der Waals surface area contributed by atoms with Crippen LogP contribution in [-0.2, 0) is 13.5 Å². The molecule has 0 bridgehead atoms. The number of fused-ring (bicyclic) bond motifs is 1. The molecule has 94 valence electrons. The molecule has 2 aromatic rings. The summed E-state index contributed by atoms with van der Waals surface area (Å²) in [6, 6.07) is 0.0952. The van der Waals surface area contributed by atoms with Crippen LogP contribution in [0.15, 0.2) is 12.4 Å². The van der Waals surface area contributed by atoms with E-state index >= 15 is 0 Å². The molecule has 1 atom stereocenters. The van der Waals surface area contributed by atoms with Crippen molar-refractivity contribution >= 4 is 0 Å². The zero-order chi connectivity index (χ0) is 12.7. The van der Waals surface area contributed by atoms with Crippen molar-refractivity contribution < 1.29 is 0 Å². The summed E-state index contributed by atoms with van der Waals surface area (Å²) in [6.07, 6.45) is 6.98. The number of nitrogens with two attached hydrogens (primary N) is 1. The van der Waals surface area contributed by atoms with Crippen molar-refractivity contribution in [2.75, 3.05) is 0 Å². The van der Waals surface area contributed by atoms with Crippen molar-refractivity contribution in [3.8, 4) is 11.4 Å². The van der Waals surface area contributed by atoms with Crippen LogP contribution in [0.2, 0.25) is 0 Å². The third-order valence-electron chi connectivity index (χ3n) is 3.48. The largest absolute Gasteiger partial charge is 0.324 e. The van der Waals surface area contributed by atoms with Gasteiger partial charge in [-0.25, -0.2) is 9.97 Å². The maximum atomic E-state index is 6.07. The Hall–Kier alpha value is -1.75. The van der Waals surface area contributed by atoms with Gasteiger partial charge in [-0.1, -0.05) is 0 Å². The zero-order valence-corrected chi connectivity index (χ0v) is 10.7. The van der Waals surface area contributed by atoms with Crippen molar-refractivity contribution in [3.05, 3.63) is 29.3 Å². The van der Waals surface area contributed by atoms with Gasteiger partial charge < -0.3 is 5.73 Å². The molecule has 0 saturated heterocycles. The van der Waals surface area contributed by atoms with E-state index in [1.807, 2.05) is 26.4 Å². The Balaban J connectivity index is 2.07. The summed E-state index contributed by atoms with van der Waals surface area (Å²) in [5.41, 5.74) is 10.2. The van der Waals surface area contributed by atoms with Gasteiger partial charge in [-0.15, -0.1) is 0 Å². The average molecular weight is 243 g/mol. The van der Waals surface area contributed by atoms with Crippen LogP contribution < -0.4 is 5.73 Å². The van der Waals surface area contributed by atoms with Crippen LogP contribution in [0.4, 0.5) is 0 Å². The van der Waals surface area contributed by atoms with Crippen molar-refractivity contribution in [1.82, 2.24) is 19.7 Å². The number of hydrogen-bond donors (Lipinski definition) is 1. The first-order chi connectivity index (χ1) is 8.65. The second kappa shape index (κ2) is 4.17. The molecular formula is C13H17N5. The molecule has 3 rings (SSSR count). The summed E-state index contributed by atoms with van der Waals surface area (Å²) < 4.78 is 1.79. The van der Waals surface area contributed by atoms with E-state index < -0.39 is 0 Å². The van der Waals surface area contributed by atoms with Gasteiger partial charge in [0.15, 0.2) is 5.82 Å². The number of nitrogens with zero attached hydrogens (tertiary/aromatic N) is 4. The molecule has 1 unspecified atom stereocenters. The molecule has 0 saturated carbocycles. The molecule has 18 heavy (non-hydrogen) atoms. The molecule has 1 aliphatic carbocycles. The standard InChI is InChI=1S/C13H17N5/c1-8-10(7-18(2)17-8)13-15-6-9-11(14)4-3-5-12(9)16-13/h6-7,11H,3-5,14H2,1-2H3. The smallest absolute Gasteiger partial charge is 0.162 e. The van der Waals surface area contributed by atoms with Crippen LogP contribution in [0.5, 0.6) is 0 Å². The molecule has 0 radical (unpaired) electrons. The lowest BCUT2D eigenvalue weighted by Gasteiger charge is -2.20. The third-order valence-corrected chi connectivity index (χ3v) is 3.48. The predicted molar refractivity (Wildman–Crippen MR) is 68.8 cm³/mol. The summed E-state index contributed by atoms with van der Waals surface area (Å²) in [5, 5.41) is 4.33. The minimum Gasteiger partial charge on any atom is -0.324 e. The Labute approximate surface area is 106 Å². The third kappa shape index (κ3) is 1.80. The van der Waals surface area contributed by atoms with Gasteiger partial charge in [-0.3, -0.25) is 4.68 Å². The summed E-state index contributed by atoms with van der Waals surface area (Å²) in [6.45, 7) is 1.98. The first-order valence-corrected chi connectivity index (χ1v) is 6.27. The van der Waals surface area contributed by atoms with Crippen LogP contribution in [-0.4, -0.2) is 19.7 Å². The minimum absolute atomic E-state index is 0.0952. The van der Waals surface area contributed by atoms with Crippen LogP contribution in [0, 0.1) is 6.92 Å². The lowest BCUT2D eigenvalue weighted by Crippen LogP contribution is -2.19. The first-order valence-electron chi connectivity index (χ1n) is 6.27. The minimum atomic E-state index is 0.0952. The topological polar surface area (TPSA) is 69.6 Å². The second-order valence-corrected chi connectivity index (χ2v) is 4.90. The molecule has 0 aromatic carbocycles. The highest BCUT2D eigenvalue weighted by Crippen LogP contribution is 2.28. The van der Waals surface area contributed by atoms with Crippen LogP contribution >= 0.6 is 0 Å². The average Bonchev–Trinajstić information content (AvgIpc) is 2.68. The maximum absolute atomic E-state index is 6.07. The molecule has 2 aromatic heterocycles. The highest BCUT2D eigenvalue weighted by molar-refractivity contribution is 5.57. The van der Waals surface area contributed by atoms with Gasteiger partial charge in [-0.05, 0) is 26.2 Å². The van der Waals surface area contributed by atoms with Crippen LogP contribution in [0.3, 0.4) is 0 Å². The quantitative estimate of drug-likeness (QED) is 0.824. The fourth-order valence-corrected chi connectivity index (χ4v) is 2.53. The normalized spacial score (nSPS) is 18.7. The number of aromatic nitrogens is 4. The molecule has 0 spiro atoms. The van der Waals surface area contributed by atoms with Crippen LogP contribution in [0.1, 0.15) is 35.8 Å². The van der Waals surface area contributed by atoms with Crippen LogP contribution in [0.25, 0.3) is 11.4 Å². The van der Waals surface area contributed by atoms with Crippen molar-refractivity contribution in [2.24, 2.45) is 12.8 Å². The van der Waals surface area contributed by atoms with E-state index in [0.29, 0.717) is 0 Å². The molecular weight excluding hydrogens is 226 g/mol. The second-order valence-electron chi connectivity index (χ2n) is 4.90. The van der Waals surface area contributed by atoms with Gasteiger partial charge in [0.1, 0.15) is 0 Å². The lowest BCUT2D eigenvalue weighted by atomic mass is 9.93. The number of rotatable bonds is 1. The lowest BCUT2D eigenvalue weighted by molar-refractivity contribution is 0.557. The molecule has 2 heterocycles. The van der Waals surface area contributed by atoms with Crippen molar-refractivity contribution in [3.63, 3.8) is 0 Å². The van der Waals surface area contributed by atoms with Gasteiger partial charge in [0.25, 0.3) is 0 Å². The molecule has 1 aliphatic rings. The first kappa shape index (κ1) is 11.3. The van der Waals surface area contributed by atoms with E-state index in [9.17, 15) is 0 Å². The van der Waals surface area contributed by atoms with E-state index in [1.165, 1.54) is 0 Å². The van der Waals surface area contributed by atoms with Gasteiger partial charge in [0, 0.05) is 36.7 Å². The predicted octanol–water partition coefficient (Wildman–Crippen LogP) is 1.52. The monoisotopic (exact) mass is 243 g/mol. The van der Waals surface area contributed by atoms with Gasteiger partial charge in [0.05, 0.1) is 11.3 Å². The maximum Gasteiger partial charge on any atom is 0.162 e. The summed E-state index contributed by atoms with van der Waals surface area (Å²) >= 11 is 0. The fourth-order valence-electron chi connectivity index (χ4n) is 2.53. The Morgan fingerprint density at radius 3 is 3.00 bits per heavy atom. The Bertz CT molecular complexity index is 587. The molecule has 5 heteroatoms. The van der Waals surface area contributed by atoms with E-state index in [-0.39, 0.29) is 6.04 Å². The summed E-state index contributed by atoms with van der Waals surface area (Å²) in [7, 11) is 1.91. The van der Waals surface area contributed by atoms with Gasteiger partial charge >= 0.3 is 0 Å². The van der Waals surface area contributed by atoms with E-state index in [4.69, 9.17) is 5.73 Å². The summed E-state index contributed by atoms with van der Waals surface area (Å²) in [5.74, 6) is 0.758. The highest BCUT2D eigenvalue weighted by atomic mass is 15.3. The Morgan fingerprint density at radius 1 is 1.44 bits per heavy atom. The Morgan fingerprint density at radius 2 is 2.28 bits per heavy atom. The molecule has 0 aliphatic heterocycles. The van der Waals surface area contributed by atoms with E-state index in [2.05, 4.69) is 15.1 Å². The Kier molecular flexibility index (Phi) is 2.63. The number of aryl methyl sites for hydroxylation is 3. The molecule has 0 amide bonds. The summed E-state index contributed by atoms with van der Waals surface area (Å²) in [4.78, 5) is 9.11. The number of hydrogen-bond acceptors (Lipinski definition) is 4. The SMILES string of the molecule is Cc1nn(C)cc1-c1ncc2c(n1)CCCC2N. The molecule has 0 fully saturated rings. The molecule has 2 N–H and O–H groups in total. The fraction of sp³-hybridized carbons (Fsp3) is 0.462. The van der Waals surface area contributed by atoms with Gasteiger partial charge in [0.2, 0.25) is 0 Å². The highest BCUT2D eigenvalue weighted by Gasteiger charge is 2.20. The van der Waals surface area contributed by atoms with Crippen molar-refractivity contribution in [2.45, 2.75) is 32.2 Å². The van der Waals surface area contributed by atoms with E-state index in [0.717, 1.165) is 47.6 Å². The van der Waals surface area contributed by atoms with Crippen molar-refractivity contribution in [1.29, 1.82) is 0 Å². The molecule has 5 nitrogen and oxygen atoms in total.